The molecule has 0 radical (unpaired) electrons. The van der Waals surface area contributed by atoms with Gasteiger partial charge in [0.05, 0.1) is 13.7 Å². The summed E-state index contributed by atoms with van der Waals surface area (Å²) < 4.78 is 35.2. The average Bonchev–Trinajstić information content (AvgIpc) is 3.18. The van der Waals surface area contributed by atoms with Crippen LogP contribution in [0.25, 0.3) is 5.82 Å². The number of nitrogens with one attached hydrogen (secondary N) is 1. The van der Waals surface area contributed by atoms with Crippen LogP contribution in [0.2, 0.25) is 5.02 Å². The summed E-state index contributed by atoms with van der Waals surface area (Å²) in [4.78, 5) is 11.9. The quantitative estimate of drug-likeness (QED) is 0.625. The van der Waals surface area contributed by atoms with Crippen LogP contribution < -0.4 is 15.0 Å². The van der Waals surface area contributed by atoms with Crippen molar-refractivity contribution >= 4 is 21.6 Å². The minimum Gasteiger partial charge on any atom is -0.495 e. The third kappa shape index (κ3) is 4.35. The fourth-order valence-electron chi connectivity index (χ4n) is 2.35. The van der Waals surface area contributed by atoms with Crippen molar-refractivity contribution in [2.24, 2.45) is 0 Å². The van der Waals surface area contributed by atoms with Gasteiger partial charge in [-0.15, -0.1) is 5.10 Å². The molecule has 3 aromatic rings. The Morgan fingerprint density at radius 3 is 2.78 bits per heavy atom. The maximum atomic E-state index is 12.5. The summed E-state index contributed by atoms with van der Waals surface area (Å²) in [5, 5.41) is 8.49. The lowest BCUT2D eigenvalue weighted by molar-refractivity contribution is 0.402. The van der Waals surface area contributed by atoms with Crippen molar-refractivity contribution in [1.29, 1.82) is 0 Å². The first kappa shape index (κ1) is 19.1. The fourth-order valence-corrected chi connectivity index (χ4v) is 3.80. The smallest absolute Gasteiger partial charge is 0.266 e. The summed E-state index contributed by atoms with van der Waals surface area (Å²) in [6.45, 7) is -0.0104. The van der Waals surface area contributed by atoms with E-state index >= 15 is 0 Å². The number of rotatable bonds is 7. The molecule has 0 fully saturated rings. The number of methoxy groups -OCH3 is 1. The van der Waals surface area contributed by atoms with Crippen molar-refractivity contribution in [2.45, 2.75) is 11.4 Å². The van der Waals surface area contributed by atoms with E-state index in [1.807, 2.05) is 0 Å². The zero-order valence-electron chi connectivity index (χ0n) is 14.2. The van der Waals surface area contributed by atoms with Crippen LogP contribution in [0.1, 0.15) is 0 Å². The number of benzene rings is 1. The van der Waals surface area contributed by atoms with Crippen LogP contribution >= 0.6 is 11.6 Å². The lowest BCUT2D eigenvalue weighted by atomic mass is 10.3. The van der Waals surface area contributed by atoms with E-state index in [2.05, 4.69) is 14.9 Å². The Morgan fingerprint density at radius 2 is 2.07 bits per heavy atom. The molecule has 1 N–H and O–H groups in total. The first-order chi connectivity index (χ1) is 12.9. The third-order valence-electron chi connectivity index (χ3n) is 3.62. The van der Waals surface area contributed by atoms with Crippen LogP contribution in [0, 0.1) is 0 Å². The zero-order chi connectivity index (χ0) is 19.4. The molecular weight excluding hydrogens is 394 g/mol. The van der Waals surface area contributed by atoms with Gasteiger partial charge >= 0.3 is 0 Å². The molecule has 0 aliphatic heterocycles. The van der Waals surface area contributed by atoms with Gasteiger partial charge in [-0.3, -0.25) is 4.79 Å². The highest BCUT2D eigenvalue weighted by molar-refractivity contribution is 7.89. The summed E-state index contributed by atoms with van der Waals surface area (Å²) in [7, 11) is -2.51. The summed E-state index contributed by atoms with van der Waals surface area (Å²) >= 11 is 5.89. The molecule has 0 saturated heterocycles. The van der Waals surface area contributed by atoms with Crippen molar-refractivity contribution in [2.75, 3.05) is 13.7 Å². The monoisotopic (exact) mass is 409 g/mol. The molecule has 27 heavy (non-hydrogen) atoms. The number of nitrogens with zero attached hydrogens (tertiary/aromatic N) is 4. The molecule has 3 rings (SSSR count). The largest absolute Gasteiger partial charge is 0.495 e. The van der Waals surface area contributed by atoms with Crippen molar-refractivity contribution < 1.29 is 13.2 Å². The van der Waals surface area contributed by atoms with Crippen molar-refractivity contribution in [3.63, 3.8) is 0 Å². The molecule has 2 aromatic heterocycles. The summed E-state index contributed by atoms with van der Waals surface area (Å²) in [6, 6.07) is 8.90. The molecule has 0 unspecified atom stereocenters. The van der Waals surface area contributed by atoms with Gasteiger partial charge in [0.1, 0.15) is 10.6 Å². The van der Waals surface area contributed by atoms with E-state index in [-0.39, 0.29) is 34.3 Å². The Morgan fingerprint density at radius 1 is 1.26 bits per heavy atom. The van der Waals surface area contributed by atoms with E-state index in [1.165, 1.54) is 42.1 Å². The molecular formula is C16H16ClN5O4S. The van der Waals surface area contributed by atoms with Crippen LogP contribution in [0.5, 0.6) is 5.75 Å². The number of hydrogen-bond donors (Lipinski definition) is 1. The molecule has 0 aliphatic rings. The molecule has 2 heterocycles. The van der Waals surface area contributed by atoms with Gasteiger partial charge in [0.25, 0.3) is 5.56 Å². The predicted molar refractivity (Wildman–Crippen MR) is 98.8 cm³/mol. The van der Waals surface area contributed by atoms with E-state index in [0.717, 1.165) is 4.68 Å². The lowest BCUT2D eigenvalue weighted by Crippen LogP contribution is -2.32. The van der Waals surface area contributed by atoms with Gasteiger partial charge in [-0.25, -0.2) is 22.5 Å². The Kier molecular flexibility index (Phi) is 5.59. The predicted octanol–water partition coefficient (Wildman–Crippen LogP) is 1.07. The molecule has 0 atom stereocenters. The highest BCUT2D eigenvalue weighted by atomic mass is 35.5. The van der Waals surface area contributed by atoms with Crippen molar-refractivity contribution in [3.8, 4) is 11.6 Å². The number of sulfonamides is 1. The molecule has 0 spiro atoms. The third-order valence-corrected chi connectivity index (χ3v) is 5.34. The summed E-state index contributed by atoms with van der Waals surface area (Å²) in [5.41, 5.74) is -0.356. The van der Waals surface area contributed by atoms with E-state index < -0.39 is 10.0 Å². The lowest BCUT2D eigenvalue weighted by Gasteiger charge is -2.12. The van der Waals surface area contributed by atoms with Gasteiger partial charge in [-0.1, -0.05) is 11.6 Å². The van der Waals surface area contributed by atoms with Crippen LogP contribution in [0.4, 0.5) is 0 Å². The normalized spacial score (nSPS) is 11.5. The van der Waals surface area contributed by atoms with Crippen molar-refractivity contribution in [1.82, 2.24) is 24.3 Å². The second-order valence-electron chi connectivity index (χ2n) is 5.40. The Balaban J connectivity index is 1.76. The van der Waals surface area contributed by atoms with Crippen LogP contribution in [0.15, 0.2) is 58.5 Å². The molecule has 0 bridgehead atoms. The maximum absolute atomic E-state index is 12.5. The van der Waals surface area contributed by atoms with Crippen LogP contribution in [0.3, 0.4) is 0 Å². The maximum Gasteiger partial charge on any atom is 0.266 e. The second-order valence-corrected chi connectivity index (χ2v) is 7.57. The van der Waals surface area contributed by atoms with E-state index in [4.69, 9.17) is 16.3 Å². The second kappa shape index (κ2) is 7.91. The Hall–Kier alpha value is -2.69. The molecule has 0 saturated carbocycles. The van der Waals surface area contributed by atoms with Gasteiger partial charge in [-0.05, 0) is 30.3 Å². The number of hydrogen-bond acceptors (Lipinski definition) is 6. The van der Waals surface area contributed by atoms with Crippen molar-refractivity contribution in [3.05, 3.63) is 64.2 Å². The molecule has 9 nitrogen and oxygen atoms in total. The Labute approximate surface area is 160 Å². The first-order valence-electron chi connectivity index (χ1n) is 7.82. The summed E-state index contributed by atoms with van der Waals surface area (Å²) in [6.07, 6.45) is 3.27. The molecule has 0 aliphatic carbocycles. The first-order valence-corrected chi connectivity index (χ1v) is 9.68. The number of halogens is 1. The minimum atomic E-state index is -3.88. The topological polar surface area (TPSA) is 108 Å². The molecule has 0 amide bonds. The van der Waals surface area contributed by atoms with Gasteiger partial charge in [0.15, 0.2) is 5.82 Å². The van der Waals surface area contributed by atoms with Gasteiger partial charge < -0.3 is 4.74 Å². The standard InChI is InChI=1S/C16H16ClN5O4S/c1-26-13-4-3-12(17)11-14(13)27(24,25)19-8-10-22-16(23)6-5-15(20-22)21-9-2-7-18-21/h2-7,9,11,19H,8,10H2,1H3. The summed E-state index contributed by atoms with van der Waals surface area (Å²) in [5.74, 6) is 0.613. The molecule has 1 aromatic carbocycles. The van der Waals surface area contributed by atoms with Gasteiger partial charge in [0, 0.05) is 30.0 Å². The zero-order valence-corrected chi connectivity index (χ0v) is 15.8. The van der Waals surface area contributed by atoms with Crippen LogP contribution in [-0.4, -0.2) is 41.6 Å². The van der Waals surface area contributed by atoms with E-state index in [0.29, 0.717) is 5.82 Å². The highest BCUT2D eigenvalue weighted by Crippen LogP contribution is 2.26. The fraction of sp³-hybridized carbons (Fsp3) is 0.188. The average molecular weight is 410 g/mol. The van der Waals surface area contributed by atoms with E-state index in [9.17, 15) is 13.2 Å². The van der Waals surface area contributed by atoms with E-state index in [1.54, 1.807) is 18.5 Å². The molecule has 142 valence electrons. The minimum absolute atomic E-state index is 0.0378. The Bertz CT molecular complexity index is 1100. The number of ether oxygens (including phenoxy) is 1. The SMILES string of the molecule is COc1ccc(Cl)cc1S(=O)(=O)NCCn1nc(-n2cccn2)ccc1=O. The highest BCUT2D eigenvalue weighted by Gasteiger charge is 2.19. The van der Waals surface area contributed by atoms with Gasteiger partial charge in [-0.2, -0.15) is 5.10 Å². The van der Waals surface area contributed by atoms with Crippen LogP contribution in [-0.2, 0) is 16.6 Å². The van der Waals surface area contributed by atoms with Gasteiger partial charge in [0.2, 0.25) is 10.0 Å². The molecule has 11 heteroatoms. The number of aromatic nitrogens is 4.